The second-order valence-corrected chi connectivity index (χ2v) is 5.53. The first kappa shape index (κ1) is 13.3. The van der Waals surface area contributed by atoms with Crippen LogP contribution < -0.4 is 5.32 Å². The summed E-state index contributed by atoms with van der Waals surface area (Å²) in [5.41, 5.74) is 1.86. The number of carbonyl (C=O) groups excluding carboxylic acids is 1. The van der Waals surface area contributed by atoms with E-state index in [0.717, 1.165) is 0 Å². The van der Waals surface area contributed by atoms with Crippen molar-refractivity contribution >= 4 is 11.9 Å². The van der Waals surface area contributed by atoms with Crippen molar-refractivity contribution in [3.8, 4) is 0 Å². The lowest BCUT2D eigenvalue weighted by Gasteiger charge is -2.18. The van der Waals surface area contributed by atoms with Gasteiger partial charge in [0, 0.05) is 5.56 Å². The van der Waals surface area contributed by atoms with E-state index in [4.69, 9.17) is 0 Å². The molecule has 0 bridgehead atoms. The number of aromatic nitrogens is 3. The topological polar surface area (TPSA) is 70.7 Å². The Kier molecular flexibility index (Phi) is 3.38. The van der Waals surface area contributed by atoms with Gasteiger partial charge in [0.05, 0.1) is 0 Å². The average Bonchev–Trinajstić information content (AvgIpc) is 2.74. The molecule has 1 heterocycles. The molecule has 0 spiro atoms. The number of H-pyrrole nitrogens is 1. The number of hydrogen-bond donors (Lipinski definition) is 2. The van der Waals surface area contributed by atoms with E-state index >= 15 is 0 Å². The summed E-state index contributed by atoms with van der Waals surface area (Å²) in [6.07, 6.45) is 0. The number of rotatable bonds is 2. The molecule has 0 aliphatic rings. The van der Waals surface area contributed by atoms with Crippen molar-refractivity contribution in [1.29, 1.82) is 0 Å². The van der Waals surface area contributed by atoms with Gasteiger partial charge in [-0.2, -0.15) is 4.98 Å². The molecule has 2 aromatic rings. The zero-order valence-electron chi connectivity index (χ0n) is 11.6. The first-order valence-corrected chi connectivity index (χ1v) is 6.17. The summed E-state index contributed by atoms with van der Waals surface area (Å²) in [6, 6.07) is 7.57. The molecule has 2 rings (SSSR count). The number of nitrogens with one attached hydrogen (secondary N) is 2. The molecule has 2 N–H and O–H groups in total. The van der Waals surface area contributed by atoms with Gasteiger partial charge in [0.15, 0.2) is 0 Å². The highest BCUT2D eigenvalue weighted by Crippen LogP contribution is 2.22. The van der Waals surface area contributed by atoms with Crippen molar-refractivity contribution in [3.05, 3.63) is 41.2 Å². The lowest BCUT2D eigenvalue weighted by Crippen LogP contribution is -2.15. The SMILES string of the molecule is Cc1nc(NC(=O)c2ccc(C(C)(C)C)cc2)n[nH]1. The predicted molar refractivity (Wildman–Crippen MR) is 74.2 cm³/mol. The fourth-order valence-electron chi connectivity index (χ4n) is 1.69. The van der Waals surface area contributed by atoms with Crippen LogP contribution >= 0.6 is 0 Å². The van der Waals surface area contributed by atoms with Crippen molar-refractivity contribution in [2.45, 2.75) is 33.1 Å². The van der Waals surface area contributed by atoms with Crippen molar-refractivity contribution in [2.24, 2.45) is 0 Å². The molecule has 0 aliphatic heterocycles. The highest BCUT2D eigenvalue weighted by atomic mass is 16.1. The van der Waals surface area contributed by atoms with E-state index in [1.165, 1.54) is 5.56 Å². The number of anilines is 1. The third kappa shape index (κ3) is 3.19. The third-order valence-electron chi connectivity index (χ3n) is 2.84. The standard InChI is InChI=1S/C14H18N4O/c1-9-15-13(18-17-9)16-12(19)10-5-7-11(8-6-10)14(2,3)4/h5-8H,1-4H3,(H2,15,16,17,18,19). The van der Waals surface area contributed by atoms with Gasteiger partial charge < -0.3 is 0 Å². The van der Waals surface area contributed by atoms with Gasteiger partial charge >= 0.3 is 0 Å². The van der Waals surface area contributed by atoms with E-state index in [1.807, 2.05) is 24.3 Å². The summed E-state index contributed by atoms with van der Waals surface area (Å²) in [5.74, 6) is 0.750. The van der Waals surface area contributed by atoms with Crippen LogP contribution in [0.3, 0.4) is 0 Å². The highest BCUT2D eigenvalue weighted by Gasteiger charge is 2.14. The lowest BCUT2D eigenvalue weighted by atomic mass is 9.87. The third-order valence-corrected chi connectivity index (χ3v) is 2.84. The van der Waals surface area contributed by atoms with E-state index in [-0.39, 0.29) is 11.3 Å². The maximum atomic E-state index is 12.0. The maximum Gasteiger partial charge on any atom is 0.258 e. The number of nitrogens with zero attached hydrogens (tertiary/aromatic N) is 2. The Balaban J connectivity index is 2.12. The number of amides is 1. The lowest BCUT2D eigenvalue weighted by molar-refractivity contribution is 0.102. The average molecular weight is 258 g/mol. The van der Waals surface area contributed by atoms with Gasteiger partial charge in [-0.1, -0.05) is 32.9 Å². The van der Waals surface area contributed by atoms with Crippen molar-refractivity contribution in [1.82, 2.24) is 15.2 Å². The van der Waals surface area contributed by atoms with Crippen LogP contribution in [0.15, 0.2) is 24.3 Å². The van der Waals surface area contributed by atoms with Gasteiger partial charge in [-0.05, 0) is 30.0 Å². The minimum absolute atomic E-state index is 0.0792. The summed E-state index contributed by atoms with van der Waals surface area (Å²) in [6.45, 7) is 8.19. The summed E-state index contributed by atoms with van der Waals surface area (Å²) in [7, 11) is 0. The largest absolute Gasteiger partial charge is 0.289 e. The molecule has 1 aromatic carbocycles. The number of carbonyl (C=O) groups is 1. The van der Waals surface area contributed by atoms with Crippen LogP contribution in [0, 0.1) is 6.92 Å². The summed E-state index contributed by atoms with van der Waals surface area (Å²) < 4.78 is 0. The fraction of sp³-hybridized carbons (Fsp3) is 0.357. The van der Waals surface area contributed by atoms with Gasteiger partial charge in [0.2, 0.25) is 5.95 Å². The quantitative estimate of drug-likeness (QED) is 0.870. The molecule has 0 radical (unpaired) electrons. The molecule has 0 saturated carbocycles. The van der Waals surface area contributed by atoms with E-state index in [1.54, 1.807) is 6.92 Å². The van der Waals surface area contributed by atoms with Crippen LogP contribution in [0.1, 0.15) is 42.5 Å². The Labute approximate surface area is 112 Å². The number of aryl methyl sites for hydroxylation is 1. The minimum atomic E-state index is -0.209. The zero-order chi connectivity index (χ0) is 14.0. The van der Waals surface area contributed by atoms with Crippen molar-refractivity contribution in [3.63, 3.8) is 0 Å². The molecule has 5 nitrogen and oxygen atoms in total. The minimum Gasteiger partial charge on any atom is -0.289 e. The molecular formula is C14H18N4O. The smallest absolute Gasteiger partial charge is 0.258 e. The monoisotopic (exact) mass is 258 g/mol. The van der Waals surface area contributed by atoms with Gasteiger partial charge in [0.1, 0.15) is 5.82 Å². The van der Waals surface area contributed by atoms with Gasteiger partial charge in [-0.3, -0.25) is 15.2 Å². The van der Waals surface area contributed by atoms with Gasteiger partial charge in [0.25, 0.3) is 5.91 Å². The fourth-order valence-corrected chi connectivity index (χ4v) is 1.69. The van der Waals surface area contributed by atoms with E-state index in [9.17, 15) is 4.79 Å². The van der Waals surface area contributed by atoms with Crippen LogP contribution in [-0.4, -0.2) is 21.1 Å². The van der Waals surface area contributed by atoms with E-state index in [0.29, 0.717) is 17.3 Å². The molecule has 100 valence electrons. The number of benzene rings is 1. The summed E-state index contributed by atoms with van der Waals surface area (Å²) in [5, 5.41) is 9.19. The predicted octanol–water partition coefficient (Wildman–Crippen LogP) is 2.66. The van der Waals surface area contributed by atoms with Crippen LogP contribution in [0.4, 0.5) is 5.95 Å². The summed E-state index contributed by atoms with van der Waals surface area (Å²) in [4.78, 5) is 16.0. The molecule has 1 aromatic heterocycles. The molecule has 19 heavy (non-hydrogen) atoms. The summed E-state index contributed by atoms with van der Waals surface area (Å²) >= 11 is 0. The second-order valence-electron chi connectivity index (χ2n) is 5.53. The number of aromatic amines is 1. The molecule has 0 saturated heterocycles. The zero-order valence-corrected chi connectivity index (χ0v) is 11.6. The highest BCUT2D eigenvalue weighted by molar-refractivity contribution is 6.03. The van der Waals surface area contributed by atoms with Gasteiger partial charge in [-0.25, -0.2) is 0 Å². The molecule has 0 aliphatic carbocycles. The van der Waals surface area contributed by atoms with E-state index in [2.05, 4.69) is 41.3 Å². The first-order valence-electron chi connectivity index (χ1n) is 6.17. The molecule has 0 atom stereocenters. The van der Waals surface area contributed by atoms with E-state index < -0.39 is 0 Å². The second kappa shape index (κ2) is 4.84. The molecular weight excluding hydrogens is 240 g/mol. The Morgan fingerprint density at radius 1 is 1.21 bits per heavy atom. The molecule has 0 fully saturated rings. The normalized spacial score (nSPS) is 11.4. The van der Waals surface area contributed by atoms with Gasteiger partial charge in [-0.15, -0.1) is 5.10 Å². The Bertz CT molecular complexity index is 578. The van der Waals surface area contributed by atoms with Crippen LogP contribution in [0.2, 0.25) is 0 Å². The maximum absolute atomic E-state index is 12.0. The first-order chi connectivity index (χ1) is 8.86. The molecule has 0 unspecified atom stereocenters. The van der Waals surface area contributed by atoms with Crippen molar-refractivity contribution in [2.75, 3.05) is 5.32 Å². The van der Waals surface area contributed by atoms with Crippen LogP contribution in [-0.2, 0) is 5.41 Å². The molecule has 1 amide bonds. The molecule has 5 heteroatoms. The Morgan fingerprint density at radius 3 is 2.32 bits per heavy atom. The van der Waals surface area contributed by atoms with Crippen LogP contribution in [0.5, 0.6) is 0 Å². The number of hydrogen-bond acceptors (Lipinski definition) is 3. The Hall–Kier alpha value is -2.17. The Morgan fingerprint density at radius 2 is 1.84 bits per heavy atom. The van der Waals surface area contributed by atoms with Crippen molar-refractivity contribution < 1.29 is 4.79 Å². The van der Waals surface area contributed by atoms with Crippen LogP contribution in [0.25, 0.3) is 0 Å².